The largest absolute Gasteiger partial charge is 0.481 e. The van der Waals surface area contributed by atoms with E-state index in [9.17, 15) is 4.79 Å². The fourth-order valence-electron chi connectivity index (χ4n) is 3.86. The summed E-state index contributed by atoms with van der Waals surface area (Å²) in [7, 11) is 0. The van der Waals surface area contributed by atoms with Crippen molar-refractivity contribution in [3.63, 3.8) is 0 Å². The van der Waals surface area contributed by atoms with Gasteiger partial charge in [0.05, 0.1) is 0 Å². The third-order valence-electron chi connectivity index (χ3n) is 5.84. The van der Waals surface area contributed by atoms with Crippen LogP contribution in [0.25, 0.3) is 0 Å². The van der Waals surface area contributed by atoms with E-state index in [0.29, 0.717) is 6.42 Å². The fourth-order valence-corrected chi connectivity index (χ4v) is 3.86. The Bertz CT molecular complexity index is 397. The molecule has 2 nitrogen and oxygen atoms in total. The van der Waals surface area contributed by atoms with Crippen molar-refractivity contribution in [1.29, 1.82) is 0 Å². The van der Waals surface area contributed by atoms with Gasteiger partial charge < -0.3 is 5.11 Å². The van der Waals surface area contributed by atoms with E-state index in [2.05, 4.69) is 31.2 Å². The molecule has 0 bridgehead atoms. The second-order valence-corrected chi connectivity index (χ2v) is 8.91. The molecule has 0 atom stereocenters. The van der Waals surface area contributed by atoms with Gasteiger partial charge >= 0.3 is 5.97 Å². The van der Waals surface area contributed by atoms with Gasteiger partial charge in [-0.3, -0.25) is 4.79 Å². The first-order chi connectivity index (χ1) is 14.8. The molecule has 0 saturated heterocycles. The third kappa shape index (κ3) is 27.0. The molecule has 0 unspecified atom stereocenters. The lowest BCUT2D eigenvalue weighted by molar-refractivity contribution is -0.137. The molecule has 0 radical (unpaired) electrons. The minimum atomic E-state index is -0.655. The maximum atomic E-state index is 10.4. The lowest BCUT2D eigenvalue weighted by Crippen LogP contribution is -1.93. The molecule has 0 aliphatic heterocycles. The molecule has 0 amide bonds. The van der Waals surface area contributed by atoms with Gasteiger partial charge in [0, 0.05) is 6.42 Å². The number of allylic oxidation sites excluding steroid dienone is 4. The highest BCUT2D eigenvalue weighted by atomic mass is 16.4. The Morgan fingerprint density at radius 1 is 0.533 bits per heavy atom. The van der Waals surface area contributed by atoms with Crippen molar-refractivity contribution in [3.8, 4) is 0 Å². The Labute approximate surface area is 188 Å². The van der Waals surface area contributed by atoms with Gasteiger partial charge in [0.15, 0.2) is 0 Å². The van der Waals surface area contributed by atoms with Crippen LogP contribution in [-0.4, -0.2) is 11.1 Å². The van der Waals surface area contributed by atoms with Gasteiger partial charge in [-0.1, -0.05) is 128 Å². The topological polar surface area (TPSA) is 37.3 Å². The molecule has 0 aromatic carbocycles. The molecule has 0 fully saturated rings. The SMILES string of the molecule is CCCCCCCC=CCC=CCCCCCCCCCCCCCCCC(=O)O. The molecule has 0 spiro atoms. The first kappa shape index (κ1) is 28.9. The van der Waals surface area contributed by atoms with Gasteiger partial charge in [-0.25, -0.2) is 0 Å². The predicted molar refractivity (Wildman–Crippen MR) is 133 cm³/mol. The zero-order valence-electron chi connectivity index (χ0n) is 20.2. The van der Waals surface area contributed by atoms with Crippen molar-refractivity contribution in [3.05, 3.63) is 24.3 Å². The number of carboxylic acid groups (broad SMARTS) is 1. The zero-order valence-corrected chi connectivity index (χ0v) is 20.2. The molecular formula is C28H52O2. The van der Waals surface area contributed by atoms with Gasteiger partial charge in [-0.2, -0.15) is 0 Å². The fraction of sp³-hybridized carbons (Fsp3) is 0.821. The van der Waals surface area contributed by atoms with E-state index in [1.165, 1.54) is 116 Å². The Kier molecular flexibility index (Phi) is 25.1. The zero-order chi connectivity index (χ0) is 22.0. The summed E-state index contributed by atoms with van der Waals surface area (Å²) in [6.45, 7) is 2.27. The summed E-state index contributed by atoms with van der Waals surface area (Å²) in [6.07, 6.45) is 37.0. The maximum absolute atomic E-state index is 10.4. The number of rotatable bonds is 24. The number of aliphatic carboxylic acids is 1. The van der Waals surface area contributed by atoms with Crippen LogP contribution in [0.3, 0.4) is 0 Å². The van der Waals surface area contributed by atoms with Crippen LogP contribution in [-0.2, 0) is 4.79 Å². The van der Waals surface area contributed by atoms with Gasteiger partial charge in [-0.05, 0) is 38.5 Å². The second-order valence-electron chi connectivity index (χ2n) is 8.91. The minimum Gasteiger partial charge on any atom is -0.481 e. The molecule has 176 valence electrons. The normalized spacial score (nSPS) is 11.8. The van der Waals surface area contributed by atoms with E-state index in [4.69, 9.17) is 5.11 Å². The van der Waals surface area contributed by atoms with E-state index in [1.54, 1.807) is 0 Å². The Hall–Kier alpha value is -1.05. The summed E-state index contributed by atoms with van der Waals surface area (Å²) in [5.41, 5.74) is 0. The quantitative estimate of drug-likeness (QED) is 0.125. The van der Waals surface area contributed by atoms with Crippen molar-refractivity contribution in [1.82, 2.24) is 0 Å². The summed E-state index contributed by atoms with van der Waals surface area (Å²) in [6, 6.07) is 0. The monoisotopic (exact) mass is 420 g/mol. The molecule has 2 heteroatoms. The van der Waals surface area contributed by atoms with Gasteiger partial charge in [0.25, 0.3) is 0 Å². The first-order valence-corrected chi connectivity index (χ1v) is 13.3. The molecule has 0 rings (SSSR count). The highest BCUT2D eigenvalue weighted by Crippen LogP contribution is 2.13. The number of unbranched alkanes of at least 4 members (excludes halogenated alkanes) is 18. The van der Waals surface area contributed by atoms with E-state index in [1.807, 2.05) is 0 Å². The van der Waals surface area contributed by atoms with Crippen molar-refractivity contribution in [2.45, 2.75) is 148 Å². The highest BCUT2D eigenvalue weighted by Gasteiger charge is 1.97. The Morgan fingerprint density at radius 2 is 0.900 bits per heavy atom. The summed E-state index contributed by atoms with van der Waals surface area (Å²) < 4.78 is 0. The molecular weight excluding hydrogens is 368 g/mol. The van der Waals surface area contributed by atoms with E-state index in [0.717, 1.165) is 19.3 Å². The van der Waals surface area contributed by atoms with Crippen molar-refractivity contribution < 1.29 is 9.90 Å². The van der Waals surface area contributed by atoms with E-state index < -0.39 is 5.97 Å². The van der Waals surface area contributed by atoms with Gasteiger partial charge in [-0.15, -0.1) is 0 Å². The van der Waals surface area contributed by atoms with Crippen LogP contribution in [0.2, 0.25) is 0 Å². The molecule has 30 heavy (non-hydrogen) atoms. The van der Waals surface area contributed by atoms with Crippen LogP contribution >= 0.6 is 0 Å². The molecule has 0 aliphatic carbocycles. The molecule has 0 aliphatic rings. The van der Waals surface area contributed by atoms with E-state index in [-0.39, 0.29) is 0 Å². The summed E-state index contributed by atoms with van der Waals surface area (Å²) in [5.74, 6) is -0.655. The minimum absolute atomic E-state index is 0.340. The molecule has 0 saturated carbocycles. The van der Waals surface area contributed by atoms with Gasteiger partial charge in [0.1, 0.15) is 0 Å². The number of carboxylic acids is 1. The number of carbonyl (C=O) groups is 1. The van der Waals surface area contributed by atoms with Crippen LogP contribution in [0.5, 0.6) is 0 Å². The third-order valence-corrected chi connectivity index (χ3v) is 5.84. The predicted octanol–water partition coefficient (Wildman–Crippen LogP) is 9.79. The summed E-state index contributed by atoms with van der Waals surface area (Å²) in [5, 5.41) is 8.59. The van der Waals surface area contributed by atoms with Crippen LogP contribution in [0.15, 0.2) is 24.3 Å². The maximum Gasteiger partial charge on any atom is 0.303 e. The van der Waals surface area contributed by atoms with Gasteiger partial charge in [0.2, 0.25) is 0 Å². The van der Waals surface area contributed by atoms with Crippen LogP contribution in [0.4, 0.5) is 0 Å². The second kappa shape index (κ2) is 26.0. The van der Waals surface area contributed by atoms with Crippen LogP contribution in [0.1, 0.15) is 148 Å². The van der Waals surface area contributed by atoms with Crippen molar-refractivity contribution in [2.75, 3.05) is 0 Å². The average molecular weight is 421 g/mol. The summed E-state index contributed by atoms with van der Waals surface area (Å²) >= 11 is 0. The standard InChI is InChI=1S/C28H52O2/c1-2-3-4-5-6-7-8-9-10-11-12-13-14-15-16-17-18-19-20-21-22-23-24-25-26-27-28(29)30/h8-9,11-12H,2-7,10,13-27H2,1H3,(H,29,30). The van der Waals surface area contributed by atoms with Crippen molar-refractivity contribution >= 4 is 5.97 Å². The smallest absolute Gasteiger partial charge is 0.303 e. The van der Waals surface area contributed by atoms with E-state index >= 15 is 0 Å². The Morgan fingerprint density at radius 3 is 1.30 bits per heavy atom. The average Bonchev–Trinajstić information content (AvgIpc) is 2.73. The molecule has 0 aromatic heterocycles. The Balaban J connectivity index is 3.13. The molecule has 1 N–H and O–H groups in total. The van der Waals surface area contributed by atoms with Crippen LogP contribution in [0, 0.1) is 0 Å². The first-order valence-electron chi connectivity index (χ1n) is 13.3. The lowest BCUT2D eigenvalue weighted by Gasteiger charge is -2.03. The lowest BCUT2D eigenvalue weighted by atomic mass is 10.0. The molecule has 0 aromatic rings. The number of hydrogen-bond acceptors (Lipinski definition) is 1. The van der Waals surface area contributed by atoms with Crippen molar-refractivity contribution in [2.24, 2.45) is 0 Å². The summed E-state index contributed by atoms with van der Waals surface area (Å²) in [4.78, 5) is 10.4. The van der Waals surface area contributed by atoms with Crippen LogP contribution < -0.4 is 0 Å². The highest BCUT2D eigenvalue weighted by molar-refractivity contribution is 5.66. The number of hydrogen-bond donors (Lipinski definition) is 1. The molecule has 0 heterocycles.